The lowest BCUT2D eigenvalue weighted by molar-refractivity contribution is -0.870. The van der Waals surface area contributed by atoms with Gasteiger partial charge >= 0.3 is 5.97 Å². The third kappa shape index (κ3) is 61.3. The van der Waals surface area contributed by atoms with Crippen molar-refractivity contribution in [1.82, 2.24) is 5.32 Å². The fourth-order valence-electron chi connectivity index (χ4n) is 9.34. The molecule has 0 aromatic rings. The SMILES string of the molecule is CC/C=C\C/C=C\C/C=C\C/C=C\C/C=C\C/C=C\CCCCCCCCCCC(=O)OC(/C=C\CCCCCCCCCCC)C(COP(=O)([O-])OCC[N+](C)(C)C)NC(=O)CCCCCCCCC/C=C/CCCCCCCC. The number of allylic oxidation sites excluding steroid dienone is 15. The van der Waals surface area contributed by atoms with Crippen LogP contribution in [0.15, 0.2) is 97.2 Å². The van der Waals surface area contributed by atoms with E-state index in [1.165, 1.54) is 135 Å². The smallest absolute Gasteiger partial charge is 0.306 e. The largest absolute Gasteiger partial charge is 0.756 e. The van der Waals surface area contributed by atoms with E-state index in [4.69, 9.17) is 13.8 Å². The summed E-state index contributed by atoms with van der Waals surface area (Å²) in [6, 6.07) is -0.899. The Morgan fingerprint density at radius 3 is 1.20 bits per heavy atom. The van der Waals surface area contributed by atoms with Gasteiger partial charge < -0.3 is 28.5 Å². The molecule has 10 heteroatoms. The molecule has 0 heterocycles. The molecule has 1 amide bonds. The van der Waals surface area contributed by atoms with Gasteiger partial charge in [-0.2, -0.15) is 0 Å². The Morgan fingerprint density at radius 2 is 0.790 bits per heavy atom. The Labute approximate surface area is 500 Å². The number of hydrogen-bond acceptors (Lipinski definition) is 7. The van der Waals surface area contributed by atoms with Crippen LogP contribution in [-0.2, 0) is 27.9 Å². The molecule has 0 fully saturated rings. The van der Waals surface area contributed by atoms with E-state index in [1.54, 1.807) is 0 Å². The minimum absolute atomic E-state index is 0.0280. The lowest BCUT2D eigenvalue weighted by Crippen LogP contribution is -2.47. The maximum atomic E-state index is 13.5. The van der Waals surface area contributed by atoms with Crippen molar-refractivity contribution in [2.24, 2.45) is 0 Å². The molecule has 0 spiro atoms. The first-order chi connectivity index (χ1) is 39.4. The number of nitrogens with zero attached hydrogens (tertiary/aromatic N) is 1. The standard InChI is InChI=1S/C71H127N2O7P/c1-7-10-13-16-19-22-25-27-29-31-32-33-34-35-36-37-38-39-40-42-44-46-49-52-55-58-61-64-71(75)80-69(62-59-56-53-50-47-24-21-18-15-12-9-3)68(67-79-81(76,77)78-66-65-73(4,5)6)72-70(74)63-60-57-54-51-48-45-43-41-30-28-26-23-20-17-14-11-8-2/h10,13,19,22,27-30,32-33,35-36,38-39,59,62,68-69H,7-9,11-12,14-18,20-21,23-26,31,34,37,40-58,60-61,63-67H2,1-6H3,(H-,72,74,76,77)/b13-10-,22-19-,29-27-,30-28+,33-32-,36-35-,39-38-,62-59-. The molecule has 0 bridgehead atoms. The van der Waals surface area contributed by atoms with Gasteiger partial charge in [0.2, 0.25) is 5.91 Å². The highest BCUT2D eigenvalue weighted by Gasteiger charge is 2.27. The summed E-state index contributed by atoms with van der Waals surface area (Å²) in [5.74, 6) is -0.555. The number of likely N-dealkylation sites (N-methyl/N-ethyl adjacent to an activating group) is 1. The zero-order valence-electron chi connectivity index (χ0n) is 53.5. The quantitative estimate of drug-likeness (QED) is 0.0212. The van der Waals surface area contributed by atoms with E-state index >= 15 is 0 Å². The van der Waals surface area contributed by atoms with Crippen LogP contribution in [-0.4, -0.2) is 69.4 Å². The second-order valence-electron chi connectivity index (χ2n) is 23.6. The van der Waals surface area contributed by atoms with Crippen LogP contribution in [0.2, 0.25) is 0 Å². The molecule has 0 aliphatic carbocycles. The maximum absolute atomic E-state index is 13.5. The molecule has 0 saturated carbocycles. The van der Waals surface area contributed by atoms with Crippen LogP contribution in [0.5, 0.6) is 0 Å². The summed E-state index contributed by atoms with van der Waals surface area (Å²) in [6.07, 6.45) is 80.9. The van der Waals surface area contributed by atoms with Gasteiger partial charge in [0.15, 0.2) is 0 Å². The number of carbonyl (C=O) groups excluding carboxylic acids is 2. The normalized spacial score (nSPS) is 14.2. The molecule has 0 saturated heterocycles. The van der Waals surface area contributed by atoms with Crippen LogP contribution in [0, 0.1) is 0 Å². The summed E-state index contributed by atoms with van der Waals surface area (Å²) in [5.41, 5.74) is 0. The van der Waals surface area contributed by atoms with Gasteiger partial charge in [-0.05, 0) is 109 Å². The van der Waals surface area contributed by atoms with E-state index in [0.717, 1.165) is 122 Å². The number of phosphoric acid groups is 1. The van der Waals surface area contributed by atoms with Gasteiger partial charge in [0.25, 0.3) is 7.82 Å². The summed E-state index contributed by atoms with van der Waals surface area (Å²) in [5, 5.41) is 3.03. The molecule has 3 unspecified atom stereocenters. The van der Waals surface area contributed by atoms with Crippen molar-refractivity contribution >= 4 is 19.7 Å². The van der Waals surface area contributed by atoms with E-state index in [-0.39, 0.29) is 24.9 Å². The van der Waals surface area contributed by atoms with Crippen molar-refractivity contribution < 1.29 is 37.3 Å². The highest BCUT2D eigenvalue weighted by Crippen LogP contribution is 2.38. The van der Waals surface area contributed by atoms with Crippen molar-refractivity contribution in [1.29, 1.82) is 0 Å². The van der Waals surface area contributed by atoms with Gasteiger partial charge in [-0.15, -0.1) is 0 Å². The van der Waals surface area contributed by atoms with Crippen LogP contribution in [0.3, 0.4) is 0 Å². The van der Waals surface area contributed by atoms with Crippen molar-refractivity contribution in [3.8, 4) is 0 Å². The summed E-state index contributed by atoms with van der Waals surface area (Å²) >= 11 is 0. The molecule has 0 aliphatic rings. The van der Waals surface area contributed by atoms with Crippen molar-refractivity contribution in [2.75, 3.05) is 40.9 Å². The Kier molecular flexibility index (Phi) is 57.8. The van der Waals surface area contributed by atoms with Gasteiger partial charge in [0.05, 0.1) is 33.8 Å². The molecule has 0 aromatic heterocycles. The summed E-state index contributed by atoms with van der Waals surface area (Å²) in [7, 11) is 1.17. The summed E-state index contributed by atoms with van der Waals surface area (Å²) < 4.78 is 30.4. The van der Waals surface area contributed by atoms with E-state index in [0.29, 0.717) is 17.4 Å². The van der Waals surface area contributed by atoms with Crippen molar-refractivity contribution in [3.63, 3.8) is 0 Å². The second kappa shape index (κ2) is 60.1. The van der Waals surface area contributed by atoms with Gasteiger partial charge in [-0.25, -0.2) is 0 Å². The second-order valence-corrected chi connectivity index (χ2v) is 25.0. The Morgan fingerprint density at radius 1 is 0.444 bits per heavy atom. The molecule has 9 nitrogen and oxygen atoms in total. The van der Waals surface area contributed by atoms with Crippen LogP contribution < -0.4 is 10.2 Å². The van der Waals surface area contributed by atoms with Crippen LogP contribution in [0.1, 0.15) is 290 Å². The predicted octanol–water partition coefficient (Wildman–Crippen LogP) is 20.5. The van der Waals surface area contributed by atoms with Gasteiger partial charge in [0, 0.05) is 12.8 Å². The van der Waals surface area contributed by atoms with Crippen molar-refractivity contribution in [2.45, 2.75) is 303 Å². The monoisotopic (exact) mass is 1150 g/mol. The fourth-order valence-corrected chi connectivity index (χ4v) is 10.1. The molecule has 0 rings (SSSR count). The van der Waals surface area contributed by atoms with E-state index in [2.05, 4.69) is 111 Å². The topological polar surface area (TPSA) is 114 Å². The highest BCUT2D eigenvalue weighted by atomic mass is 31.2. The average Bonchev–Trinajstić information content (AvgIpc) is 3.44. The molecule has 81 heavy (non-hydrogen) atoms. The molecule has 468 valence electrons. The van der Waals surface area contributed by atoms with E-state index in [9.17, 15) is 19.0 Å². The molecule has 0 aliphatic heterocycles. The fraction of sp³-hybridized carbons (Fsp3) is 0.746. The van der Waals surface area contributed by atoms with Crippen LogP contribution in [0.25, 0.3) is 0 Å². The average molecular weight is 1150 g/mol. The van der Waals surface area contributed by atoms with Crippen molar-refractivity contribution in [3.05, 3.63) is 97.2 Å². The zero-order valence-corrected chi connectivity index (χ0v) is 54.4. The third-order valence-electron chi connectivity index (χ3n) is 14.5. The number of hydrogen-bond donors (Lipinski definition) is 1. The van der Waals surface area contributed by atoms with Gasteiger partial charge in [-0.3, -0.25) is 14.2 Å². The van der Waals surface area contributed by atoms with E-state index < -0.39 is 26.6 Å². The molecular weight excluding hydrogens is 1020 g/mol. The predicted molar refractivity (Wildman–Crippen MR) is 348 cm³/mol. The first-order valence-corrected chi connectivity index (χ1v) is 35.0. The number of nitrogens with one attached hydrogen (secondary N) is 1. The minimum atomic E-state index is -4.71. The van der Waals surface area contributed by atoms with Gasteiger partial charge in [0.1, 0.15) is 19.3 Å². The molecule has 1 N–H and O–H groups in total. The first-order valence-electron chi connectivity index (χ1n) is 33.5. The highest BCUT2D eigenvalue weighted by molar-refractivity contribution is 7.45. The van der Waals surface area contributed by atoms with Gasteiger partial charge in [-0.1, -0.05) is 266 Å². The lowest BCUT2D eigenvalue weighted by Gasteiger charge is -2.30. The number of esters is 1. The number of quaternary nitrogens is 1. The van der Waals surface area contributed by atoms with Crippen LogP contribution in [0.4, 0.5) is 0 Å². The molecular formula is C71H127N2O7P. The molecule has 0 radical (unpaired) electrons. The summed E-state index contributed by atoms with van der Waals surface area (Å²) in [4.78, 5) is 40.1. The maximum Gasteiger partial charge on any atom is 0.306 e. The molecule has 3 atom stereocenters. The Bertz CT molecular complexity index is 1710. The number of ether oxygens (including phenoxy) is 1. The lowest BCUT2D eigenvalue weighted by atomic mass is 10.0. The minimum Gasteiger partial charge on any atom is -0.756 e. The number of carbonyl (C=O) groups is 2. The zero-order chi connectivity index (χ0) is 59.3. The number of phosphoric ester groups is 1. The number of amides is 1. The number of unbranched alkanes of at least 4 members (excludes halogenated alkanes) is 30. The summed E-state index contributed by atoms with van der Waals surface area (Å²) in [6.45, 7) is 6.72. The first kappa shape index (κ1) is 77.9. The van der Waals surface area contributed by atoms with Crippen LogP contribution >= 0.6 is 7.82 Å². The Balaban J connectivity index is 5.10. The van der Waals surface area contributed by atoms with E-state index in [1.807, 2.05) is 33.3 Å². The Hall–Kier alpha value is -3.07. The molecule has 0 aromatic carbocycles. The number of rotatable bonds is 60. The third-order valence-corrected chi connectivity index (χ3v) is 15.5.